The SMILES string of the molecule is C[C@@H]1c2ccsc2CCN1C(=O)CNC(=O)c1cccs1. The molecule has 1 N–H and O–H groups in total. The van der Waals surface area contributed by atoms with Crippen LogP contribution in [-0.2, 0) is 11.2 Å². The Kier molecular flexibility index (Phi) is 4.07. The lowest BCUT2D eigenvalue weighted by Crippen LogP contribution is -2.44. The van der Waals surface area contributed by atoms with Crippen molar-refractivity contribution in [1.82, 2.24) is 10.2 Å². The Morgan fingerprint density at radius 3 is 2.95 bits per heavy atom. The second kappa shape index (κ2) is 5.99. The molecule has 21 heavy (non-hydrogen) atoms. The number of amides is 2. The van der Waals surface area contributed by atoms with Crippen molar-refractivity contribution in [2.45, 2.75) is 19.4 Å². The zero-order valence-electron chi connectivity index (χ0n) is 11.7. The summed E-state index contributed by atoms with van der Waals surface area (Å²) >= 11 is 3.13. The van der Waals surface area contributed by atoms with Crippen molar-refractivity contribution in [3.63, 3.8) is 0 Å². The fourth-order valence-electron chi connectivity index (χ4n) is 2.60. The van der Waals surface area contributed by atoms with E-state index in [1.54, 1.807) is 17.4 Å². The van der Waals surface area contributed by atoms with Crippen LogP contribution in [0.4, 0.5) is 0 Å². The van der Waals surface area contributed by atoms with Gasteiger partial charge in [0.15, 0.2) is 0 Å². The van der Waals surface area contributed by atoms with E-state index in [9.17, 15) is 9.59 Å². The van der Waals surface area contributed by atoms with E-state index in [1.165, 1.54) is 21.8 Å². The van der Waals surface area contributed by atoms with E-state index >= 15 is 0 Å². The highest BCUT2D eigenvalue weighted by Gasteiger charge is 2.28. The van der Waals surface area contributed by atoms with E-state index in [1.807, 2.05) is 23.3 Å². The summed E-state index contributed by atoms with van der Waals surface area (Å²) in [5, 5.41) is 6.63. The van der Waals surface area contributed by atoms with Crippen LogP contribution in [0.3, 0.4) is 0 Å². The fourth-order valence-corrected chi connectivity index (χ4v) is 4.21. The monoisotopic (exact) mass is 320 g/mol. The van der Waals surface area contributed by atoms with Gasteiger partial charge >= 0.3 is 0 Å². The van der Waals surface area contributed by atoms with Crippen molar-refractivity contribution in [3.05, 3.63) is 44.3 Å². The first-order chi connectivity index (χ1) is 10.2. The lowest BCUT2D eigenvalue weighted by molar-refractivity contribution is -0.132. The summed E-state index contributed by atoms with van der Waals surface area (Å²) in [6.07, 6.45) is 0.905. The first-order valence-electron chi connectivity index (χ1n) is 6.84. The lowest BCUT2D eigenvalue weighted by atomic mass is 10.0. The number of fused-ring (bicyclic) bond motifs is 1. The molecule has 1 atom stereocenters. The Hall–Kier alpha value is -1.66. The standard InChI is InChI=1S/C15H16N2O2S2/c1-10-11-5-8-21-12(11)4-6-17(10)14(18)9-16-15(19)13-3-2-7-20-13/h2-3,5,7-8,10H,4,6,9H2,1H3,(H,16,19)/t10-/m1/s1. The van der Waals surface area contributed by atoms with Gasteiger partial charge < -0.3 is 10.2 Å². The number of hydrogen-bond acceptors (Lipinski definition) is 4. The quantitative estimate of drug-likeness (QED) is 0.945. The number of hydrogen-bond donors (Lipinski definition) is 1. The van der Waals surface area contributed by atoms with E-state index in [-0.39, 0.29) is 24.4 Å². The van der Waals surface area contributed by atoms with Gasteiger partial charge in [-0.3, -0.25) is 9.59 Å². The molecule has 1 aliphatic rings. The van der Waals surface area contributed by atoms with Crippen LogP contribution in [-0.4, -0.2) is 29.8 Å². The van der Waals surface area contributed by atoms with Gasteiger partial charge in [0, 0.05) is 11.4 Å². The van der Waals surface area contributed by atoms with Gasteiger partial charge in [0.25, 0.3) is 5.91 Å². The van der Waals surface area contributed by atoms with E-state index in [4.69, 9.17) is 0 Å². The molecule has 4 nitrogen and oxygen atoms in total. The van der Waals surface area contributed by atoms with Gasteiger partial charge in [-0.1, -0.05) is 6.07 Å². The maximum atomic E-state index is 12.3. The number of nitrogens with one attached hydrogen (secondary N) is 1. The minimum absolute atomic E-state index is 0.0238. The Morgan fingerprint density at radius 2 is 2.19 bits per heavy atom. The van der Waals surface area contributed by atoms with Gasteiger partial charge in [-0.05, 0) is 41.8 Å². The van der Waals surface area contributed by atoms with Crippen LogP contribution in [0.2, 0.25) is 0 Å². The number of thiophene rings is 2. The third-order valence-electron chi connectivity index (χ3n) is 3.74. The molecule has 0 unspecified atom stereocenters. The average Bonchev–Trinajstić information content (AvgIpc) is 3.15. The molecule has 2 aromatic rings. The second-order valence-corrected chi connectivity index (χ2v) is 6.92. The van der Waals surface area contributed by atoms with Crippen molar-refractivity contribution in [2.24, 2.45) is 0 Å². The van der Waals surface area contributed by atoms with Gasteiger partial charge in [0.05, 0.1) is 17.5 Å². The average molecular weight is 320 g/mol. The lowest BCUT2D eigenvalue weighted by Gasteiger charge is -2.33. The third kappa shape index (κ3) is 2.87. The molecular formula is C15H16N2O2S2. The molecule has 2 aromatic heterocycles. The molecule has 6 heteroatoms. The van der Waals surface area contributed by atoms with Crippen molar-refractivity contribution in [3.8, 4) is 0 Å². The molecule has 3 rings (SSSR count). The summed E-state index contributed by atoms with van der Waals surface area (Å²) in [5.41, 5.74) is 1.24. The molecule has 0 saturated carbocycles. The zero-order valence-corrected chi connectivity index (χ0v) is 13.3. The summed E-state index contributed by atoms with van der Waals surface area (Å²) in [7, 11) is 0. The number of carbonyl (C=O) groups is 2. The van der Waals surface area contributed by atoms with Gasteiger partial charge in [-0.15, -0.1) is 22.7 Å². The molecule has 0 fully saturated rings. The highest BCUT2D eigenvalue weighted by molar-refractivity contribution is 7.12. The second-order valence-electron chi connectivity index (χ2n) is 4.97. The summed E-state index contributed by atoms with van der Waals surface area (Å²) in [5.74, 6) is -0.205. The van der Waals surface area contributed by atoms with Gasteiger partial charge in [0.2, 0.25) is 5.91 Å². The van der Waals surface area contributed by atoms with E-state index in [0.29, 0.717) is 4.88 Å². The van der Waals surface area contributed by atoms with E-state index in [0.717, 1.165) is 13.0 Å². The number of nitrogens with zero attached hydrogens (tertiary/aromatic N) is 1. The van der Waals surface area contributed by atoms with Gasteiger partial charge in [-0.25, -0.2) is 0 Å². The molecule has 2 amide bonds. The maximum Gasteiger partial charge on any atom is 0.261 e. The summed E-state index contributed by atoms with van der Waals surface area (Å²) < 4.78 is 0. The molecule has 3 heterocycles. The molecule has 0 aliphatic carbocycles. The van der Waals surface area contributed by atoms with Gasteiger partial charge in [0.1, 0.15) is 0 Å². The van der Waals surface area contributed by atoms with Gasteiger partial charge in [-0.2, -0.15) is 0 Å². The first kappa shape index (κ1) is 14.3. The predicted molar refractivity (Wildman–Crippen MR) is 84.8 cm³/mol. The van der Waals surface area contributed by atoms with Crippen LogP contribution < -0.4 is 5.32 Å². The highest BCUT2D eigenvalue weighted by atomic mass is 32.1. The molecule has 0 aromatic carbocycles. The fraction of sp³-hybridized carbons (Fsp3) is 0.333. The van der Waals surface area contributed by atoms with Crippen LogP contribution >= 0.6 is 22.7 Å². The zero-order chi connectivity index (χ0) is 14.8. The van der Waals surface area contributed by atoms with Crippen LogP contribution in [0.25, 0.3) is 0 Å². The third-order valence-corrected chi connectivity index (χ3v) is 5.61. The van der Waals surface area contributed by atoms with Crippen LogP contribution in [0, 0.1) is 0 Å². The van der Waals surface area contributed by atoms with Crippen LogP contribution in [0.1, 0.15) is 33.1 Å². The van der Waals surface area contributed by atoms with Crippen molar-refractivity contribution < 1.29 is 9.59 Å². The molecule has 0 radical (unpaired) electrons. The summed E-state index contributed by atoms with van der Waals surface area (Å²) in [6, 6.07) is 5.76. The van der Waals surface area contributed by atoms with Crippen LogP contribution in [0.5, 0.6) is 0 Å². The van der Waals surface area contributed by atoms with Crippen molar-refractivity contribution >= 4 is 34.5 Å². The highest BCUT2D eigenvalue weighted by Crippen LogP contribution is 2.32. The largest absolute Gasteiger partial charge is 0.342 e. The Morgan fingerprint density at radius 1 is 1.33 bits per heavy atom. The smallest absolute Gasteiger partial charge is 0.261 e. The predicted octanol–water partition coefficient (Wildman–Crippen LogP) is 2.69. The topological polar surface area (TPSA) is 49.4 Å². The first-order valence-corrected chi connectivity index (χ1v) is 8.60. The van der Waals surface area contributed by atoms with Crippen molar-refractivity contribution in [2.75, 3.05) is 13.1 Å². The maximum absolute atomic E-state index is 12.3. The molecule has 110 valence electrons. The molecule has 0 saturated heterocycles. The minimum Gasteiger partial charge on any atom is -0.342 e. The summed E-state index contributed by atoms with van der Waals surface area (Å²) in [6.45, 7) is 2.83. The minimum atomic E-state index is -0.181. The Balaban J connectivity index is 1.60. The molecule has 1 aliphatic heterocycles. The Bertz CT molecular complexity index is 648. The molecule has 0 bridgehead atoms. The van der Waals surface area contributed by atoms with Crippen molar-refractivity contribution in [1.29, 1.82) is 0 Å². The van der Waals surface area contributed by atoms with E-state index < -0.39 is 0 Å². The number of rotatable bonds is 3. The Labute approximate surface area is 131 Å². The molecule has 0 spiro atoms. The number of carbonyl (C=O) groups excluding carboxylic acids is 2. The van der Waals surface area contributed by atoms with E-state index in [2.05, 4.69) is 16.8 Å². The normalized spacial score (nSPS) is 17.4. The molecular weight excluding hydrogens is 304 g/mol. The van der Waals surface area contributed by atoms with Crippen LogP contribution in [0.15, 0.2) is 29.0 Å². The summed E-state index contributed by atoms with van der Waals surface area (Å²) in [4.78, 5) is 28.0.